The monoisotopic (exact) mass is 231 g/mol. The maximum absolute atomic E-state index is 10.1. The third-order valence-corrected chi connectivity index (χ3v) is 4.50. The Labute approximate surface area is 103 Å². The second-order valence-corrected chi connectivity index (χ2v) is 5.62. The first-order chi connectivity index (χ1) is 8.33. The average molecular weight is 231 g/mol. The van der Waals surface area contributed by atoms with Crippen LogP contribution in [-0.2, 0) is 0 Å². The first kappa shape index (κ1) is 11.2. The van der Waals surface area contributed by atoms with Crippen molar-refractivity contribution in [1.29, 1.82) is 0 Å². The third-order valence-electron chi connectivity index (χ3n) is 4.50. The van der Waals surface area contributed by atoms with Gasteiger partial charge in [0, 0.05) is 12.6 Å². The molecular formula is C15H21NO. The van der Waals surface area contributed by atoms with Crippen LogP contribution in [0.3, 0.4) is 0 Å². The second kappa shape index (κ2) is 4.79. The van der Waals surface area contributed by atoms with Crippen molar-refractivity contribution >= 4 is 0 Å². The molecule has 2 aliphatic rings. The van der Waals surface area contributed by atoms with Gasteiger partial charge in [-0.1, -0.05) is 36.8 Å². The Bertz CT molecular complexity index is 364. The lowest BCUT2D eigenvalue weighted by Crippen LogP contribution is -2.36. The number of hydrogen-bond donors (Lipinski definition) is 2. The van der Waals surface area contributed by atoms with Crippen LogP contribution in [-0.4, -0.2) is 17.7 Å². The van der Waals surface area contributed by atoms with Crippen LogP contribution in [0.15, 0.2) is 30.3 Å². The Morgan fingerprint density at radius 2 is 2.00 bits per heavy atom. The molecule has 17 heavy (non-hydrogen) atoms. The maximum atomic E-state index is 10.1. The number of hydrogen-bond acceptors (Lipinski definition) is 2. The Morgan fingerprint density at radius 1 is 1.18 bits per heavy atom. The van der Waals surface area contributed by atoms with Gasteiger partial charge < -0.3 is 10.4 Å². The minimum Gasteiger partial charge on any atom is -0.387 e. The minimum atomic E-state index is -0.365. The molecule has 1 aromatic rings. The Morgan fingerprint density at radius 3 is 2.65 bits per heavy atom. The molecule has 2 aliphatic carbocycles. The normalized spacial score (nSPS) is 32.9. The molecule has 2 bridgehead atoms. The quantitative estimate of drug-likeness (QED) is 0.834. The van der Waals surface area contributed by atoms with E-state index in [1.807, 2.05) is 30.3 Å². The summed E-state index contributed by atoms with van der Waals surface area (Å²) in [5, 5.41) is 13.6. The van der Waals surface area contributed by atoms with E-state index in [1.165, 1.54) is 25.7 Å². The van der Waals surface area contributed by atoms with Gasteiger partial charge in [0.1, 0.15) is 0 Å². The molecule has 0 saturated heterocycles. The molecule has 2 saturated carbocycles. The molecule has 2 N–H and O–H groups in total. The van der Waals surface area contributed by atoms with Gasteiger partial charge in [-0.3, -0.25) is 0 Å². The zero-order valence-electron chi connectivity index (χ0n) is 10.2. The van der Waals surface area contributed by atoms with E-state index in [0.717, 1.165) is 17.4 Å². The summed E-state index contributed by atoms with van der Waals surface area (Å²) < 4.78 is 0. The molecule has 0 heterocycles. The summed E-state index contributed by atoms with van der Waals surface area (Å²) in [5.41, 5.74) is 1.02. The maximum Gasteiger partial charge on any atom is 0.0914 e. The van der Waals surface area contributed by atoms with E-state index in [0.29, 0.717) is 12.6 Å². The third kappa shape index (κ3) is 2.38. The second-order valence-electron chi connectivity index (χ2n) is 5.62. The number of fused-ring (bicyclic) bond motifs is 2. The number of aliphatic hydroxyl groups excluding tert-OH is 1. The fourth-order valence-electron chi connectivity index (χ4n) is 3.55. The fourth-order valence-corrected chi connectivity index (χ4v) is 3.55. The van der Waals surface area contributed by atoms with Gasteiger partial charge in [0.05, 0.1) is 6.10 Å². The van der Waals surface area contributed by atoms with Gasteiger partial charge in [-0.25, -0.2) is 0 Å². The van der Waals surface area contributed by atoms with E-state index in [2.05, 4.69) is 5.32 Å². The van der Waals surface area contributed by atoms with Crippen LogP contribution >= 0.6 is 0 Å². The first-order valence-corrected chi connectivity index (χ1v) is 6.79. The summed E-state index contributed by atoms with van der Waals surface area (Å²) in [6.45, 7) is 0.692. The molecule has 1 aromatic carbocycles. The summed E-state index contributed by atoms with van der Waals surface area (Å²) >= 11 is 0. The average Bonchev–Trinajstić information content (AvgIpc) is 2.99. The molecule has 2 fully saturated rings. The topological polar surface area (TPSA) is 32.3 Å². The van der Waals surface area contributed by atoms with Crippen LogP contribution in [0.5, 0.6) is 0 Å². The minimum absolute atomic E-state index is 0.365. The molecule has 3 rings (SSSR count). The van der Waals surface area contributed by atoms with Crippen molar-refractivity contribution in [3.05, 3.63) is 35.9 Å². The van der Waals surface area contributed by atoms with Gasteiger partial charge in [0.25, 0.3) is 0 Å². The SMILES string of the molecule is OC(CNC1CC2CCC1C2)c1ccccc1. The smallest absolute Gasteiger partial charge is 0.0914 e. The lowest BCUT2D eigenvalue weighted by atomic mass is 9.95. The summed E-state index contributed by atoms with van der Waals surface area (Å²) in [7, 11) is 0. The zero-order valence-corrected chi connectivity index (χ0v) is 10.2. The highest BCUT2D eigenvalue weighted by molar-refractivity contribution is 5.17. The van der Waals surface area contributed by atoms with Crippen molar-refractivity contribution in [3.8, 4) is 0 Å². The van der Waals surface area contributed by atoms with Gasteiger partial charge in [-0.2, -0.15) is 0 Å². The predicted molar refractivity (Wildman–Crippen MR) is 68.6 cm³/mol. The van der Waals surface area contributed by atoms with Crippen molar-refractivity contribution in [2.24, 2.45) is 11.8 Å². The number of nitrogens with one attached hydrogen (secondary N) is 1. The Kier molecular flexibility index (Phi) is 3.17. The molecule has 0 aliphatic heterocycles. The van der Waals surface area contributed by atoms with Crippen molar-refractivity contribution < 1.29 is 5.11 Å². The summed E-state index contributed by atoms with van der Waals surface area (Å²) in [5.74, 6) is 1.84. The lowest BCUT2D eigenvalue weighted by Gasteiger charge is -2.24. The standard InChI is InChI=1S/C15H21NO/c17-15(12-4-2-1-3-5-12)10-16-14-9-11-6-7-13(14)8-11/h1-5,11,13-17H,6-10H2. The number of benzene rings is 1. The highest BCUT2D eigenvalue weighted by atomic mass is 16.3. The predicted octanol–water partition coefficient (Wildman–Crippen LogP) is 2.50. The molecule has 2 heteroatoms. The van der Waals surface area contributed by atoms with Gasteiger partial charge in [0.15, 0.2) is 0 Å². The van der Waals surface area contributed by atoms with E-state index >= 15 is 0 Å². The fraction of sp³-hybridized carbons (Fsp3) is 0.600. The summed E-state index contributed by atoms with van der Waals surface area (Å²) in [6, 6.07) is 10.6. The van der Waals surface area contributed by atoms with E-state index < -0.39 is 0 Å². The molecule has 2 nitrogen and oxygen atoms in total. The molecule has 0 spiro atoms. The van der Waals surface area contributed by atoms with Crippen molar-refractivity contribution in [2.75, 3.05) is 6.54 Å². The van der Waals surface area contributed by atoms with Gasteiger partial charge in [-0.15, -0.1) is 0 Å². The van der Waals surface area contributed by atoms with E-state index in [1.54, 1.807) is 0 Å². The zero-order chi connectivity index (χ0) is 11.7. The van der Waals surface area contributed by atoms with Crippen LogP contribution in [0.1, 0.15) is 37.4 Å². The van der Waals surface area contributed by atoms with Crippen molar-refractivity contribution in [2.45, 2.75) is 37.8 Å². The highest BCUT2D eigenvalue weighted by Crippen LogP contribution is 2.44. The number of rotatable bonds is 4. The summed E-state index contributed by atoms with van der Waals surface area (Å²) in [6.07, 6.45) is 5.20. The van der Waals surface area contributed by atoms with Crippen LogP contribution < -0.4 is 5.32 Å². The summed E-state index contributed by atoms with van der Waals surface area (Å²) in [4.78, 5) is 0. The van der Waals surface area contributed by atoms with Gasteiger partial charge in [-0.05, 0) is 36.7 Å². The number of aliphatic hydroxyl groups is 1. The van der Waals surface area contributed by atoms with Crippen LogP contribution in [0, 0.1) is 11.8 Å². The highest BCUT2D eigenvalue weighted by Gasteiger charge is 2.39. The molecule has 0 radical (unpaired) electrons. The van der Waals surface area contributed by atoms with E-state index in [4.69, 9.17) is 0 Å². The van der Waals surface area contributed by atoms with E-state index in [9.17, 15) is 5.11 Å². The van der Waals surface area contributed by atoms with Crippen molar-refractivity contribution in [1.82, 2.24) is 5.32 Å². The van der Waals surface area contributed by atoms with Gasteiger partial charge >= 0.3 is 0 Å². The molecular weight excluding hydrogens is 210 g/mol. The molecule has 4 unspecified atom stereocenters. The molecule has 0 aromatic heterocycles. The Hall–Kier alpha value is -0.860. The largest absolute Gasteiger partial charge is 0.387 e. The van der Waals surface area contributed by atoms with Crippen LogP contribution in [0.4, 0.5) is 0 Å². The molecule has 4 atom stereocenters. The van der Waals surface area contributed by atoms with Crippen LogP contribution in [0.2, 0.25) is 0 Å². The molecule has 92 valence electrons. The molecule has 0 amide bonds. The lowest BCUT2D eigenvalue weighted by molar-refractivity contribution is 0.163. The van der Waals surface area contributed by atoms with Gasteiger partial charge in [0.2, 0.25) is 0 Å². The van der Waals surface area contributed by atoms with Crippen molar-refractivity contribution in [3.63, 3.8) is 0 Å². The van der Waals surface area contributed by atoms with Crippen LogP contribution in [0.25, 0.3) is 0 Å². The Balaban J connectivity index is 1.51. The first-order valence-electron chi connectivity index (χ1n) is 6.79. The van der Waals surface area contributed by atoms with E-state index in [-0.39, 0.29) is 6.10 Å².